The van der Waals surface area contributed by atoms with Crippen LogP contribution in [0, 0.1) is 6.92 Å². The van der Waals surface area contributed by atoms with Crippen molar-refractivity contribution in [2.75, 3.05) is 13.1 Å². The Morgan fingerprint density at radius 1 is 1.07 bits per heavy atom. The summed E-state index contributed by atoms with van der Waals surface area (Å²) in [5, 5.41) is 7.89. The Hall–Kier alpha value is -0.900. The summed E-state index contributed by atoms with van der Waals surface area (Å²) in [6.07, 6.45) is 6.71. The van der Waals surface area contributed by atoms with Gasteiger partial charge in [-0.15, -0.1) is 10.2 Å². The normalized spacial score (nSPS) is 19.8. The molecule has 15 heavy (non-hydrogen) atoms. The average molecular weight is 209 g/mol. The molecular weight excluding hydrogens is 190 g/mol. The first-order chi connectivity index (χ1) is 7.34. The topological polar surface area (TPSA) is 42.2 Å². The lowest BCUT2D eigenvalue weighted by molar-refractivity contribution is 0.217. The fourth-order valence-corrected chi connectivity index (χ4v) is 2.06. The third-order valence-corrected chi connectivity index (χ3v) is 2.88. The van der Waals surface area contributed by atoms with E-state index < -0.39 is 0 Å². The average Bonchev–Trinajstić information content (AvgIpc) is 2.56. The first-order valence-corrected chi connectivity index (χ1v) is 5.86. The monoisotopic (exact) mass is 209 g/mol. The van der Waals surface area contributed by atoms with Crippen molar-refractivity contribution in [2.45, 2.75) is 45.6 Å². The second-order valence-corrected chi connectivity index (χ2v) is 4.26. The van der Waals surface area contributed by atoms with Gasteiger partial charge in [-0.25, -0.2) is 0 Å². The molecule has 0 N–H and O–H groups in total. The molecule has 2 heterocycles. The number of nitrogens with zero attached hydrogens (tertiary/aromatic N) is 3. The van der Waals surface area contributed by atoms with Gasteiger partial charge < -0.3 is 4.42 Å². The molecule has 1 fully saturated rings. The molecule has 0 bridgehead atoms. The van der Waals surface area contributed by atoms with E-state index >= 15 is 0 Å². The number of rotatable bonds is 2. The zero-order valence-corrected chi connectivity index (χ0v) is 9.41. The first-order valence-electron chi connectivity index (χ1n) is 5.86. The molecule has 0 unspecified atom stereocenters. The van der Waals surface area contributed by atoms with E-state index in [0.29, 0.717) is 5.89 Å². The highest BCUT2D eigenvalue weighted by atomic mass is 16.4. The molecule has 1 aliphatic rings. The molecule has 1 saturated heterocycles. The number of hydrogen-bond acceptors (Lipinski definition) is 4. The highest BCUT2D eigenvalue weighted by Gasteiger charge is 2.11. The van der Waals surface area contributed by atoms with Crippen LogP contribution in [0.4, 0.5) is 0 Å². The van der Waals surface area contributed by atoms with Gasteiger partial charge in [0.05, 0.1) is 6.54 Å². The fraction of sp³-hybridized carbons (Fsp3) is 0.818. The molecule has 84 valence electrons. The standard InChI is InChI=1S/C11H19N3O/c1-10-12-13-11(15-10)9-14-7-5-3-2-4-6-8-14/h2-9H2,1H3. The third kappa shape index (κ3) is 3.30. The molecule has 1 aromatic rings. The van der Waals surface area contributed by atoms with Crippen molar-refractivity contribution in [3.63, 3.8) is 0 Å². The van der Waals surface area contributed by atoms with Gasteiger partial charge in [0.2, 0.25) is 11.8 Å². The lowest BCUT2D eigenvalue weighted by Gasteiger charge is -2.22. The van der Waals surface area contributed by atoms with E-state index in [4.69, 9.17) is 4.42 Å². The molecular formula is C11H19N3O. The predicted octanol–water partition coefficient (Wildman–Crippen LogP) is 2.14. The van der Waals surface area contributed by atoms with Gasteiger partial charge in [0.1, 0.15) is 0 Å². The summed E-state index contributed by atoms with van der Waals surface area (Å²) in [6.45, 7) is 4.99. The largest absolute Gasteiger partial charge is 0.424 e. The molecule has 2 rings (SSSR count). The van der Waals surface area contributed by atoms with Crippen LogP contribution in [0.2, 0.25) is 0 Å². The quantitative estimate of drug-likeness (QED) is 0.748. The Kier molecular flexibility index (Phi) is 3.72. The molecule has 1 aromatic heterocycles. The van der Waals surface area contributed by atoms with E-state index in [1.54, 1.807) is 0 Å². The highest BCUT2D eigenvalue weighted by Crippen LogP contribution is 2.12. The predicted molar refractivity (Wildman–Crippen MR) is 57.4 cm³/mol. The van der Waals surface area contributed by atoms with Gasteiger partial charge in [-0.1, -0.05) is 19.3 Å². The van der Waals surface area contributed by atoms with E-state index in [0.717, 1.165) is 12.4 Å². The molecule has 0 saturated carbocycles. The Balaban J connectivity index is 1.86. The van der Waals surface area contributed by atoms with Crippen LogP contribution in [0.15, 0.2) is 4.42 Å². The van der Waals surface area contributed by atoms with Crippen LogP contribution in [-0.4, -0.2) is 28.2 Å². The molecule has 4 nitrogen and oxygen atoms in total. The smallest absolute Gasteiger partial charge is 0.230 e. The maximum absolute atomic E-state index is 5.39. The van der Waals surface area contributed by atoms with Gasteiger partial charge in [0.15, 0.2) is 0 Å². The highest BCUT2D eigenvalue weighted by molar-refractivity contribution is 4.79. The van der Waals surface area contributed by atoms with Crippen molar-refractivity contribution in [3.05, 3.63) is 11.8 Å². The minimum atomic E-state index is 0.664. The Morgan fingerprint density at radius 3 is 2.33 bits per heavy atom. The van der Waals surface area contributed by atoms with Gasteiger partial charge in [-0.3, -0.25) is 4.90 Å². The van der Waals surface area contributed by atoms with Crippen molar-refractivity contribution < 1.29 is 4.42 Å². The van der Waals surface area contributed by atoms with Crippen molar-refractivity contribution in [2.24, 2.45) is 0 Å². The van der Waals surface area contributed by atoms with Gasteiger partial charge in [-0.2, -0.15) is 0 Å². The maximum Gasteiger partial charge on any atom is 0.230 e. The van der Waals surface area contributed by atoms with Gasteiger partial charge >= 0.3 is 0 Å². The van der Waals surface area contributed by atoms with Gasteiger partial charge in [0, 0.05) is 6.92 Å². The summed E-state index contributed by atoms with van der Waals surface area (Å²) in [6, 6.07) is 0. The van der Waals surface area contributed by atoms with E-state index in [1.165, 1.54) is 45.2 Å². The minimum Gasteiger partial charge on any atom is -0.424 e. The van der Waals surface area contributed by atoms with E-state index in [-0.39, 0.29) is 0 Å². The molecule has 0 spiro atoms. The summed E-state index contributed by atoms with van der Waals surface area (Å²) < 4.78 is 5.39. The maximum atomic E-state index is 5.39. The zero-order chi connectivity index (χ0) is 10.5. The second kappa shape index (κ2) is 5.26. The molecule has 0 aliphatic carbocycles. The minimum absolute atomic E-state index is 0.664. The Morgan fingerprint density at radius 2 is 1.73 bits per heavy atom. The number of aromatic nitrogens is 2. The molecule has 4 heteroatoms. The van der Waals surface area contributed by atoms with E-state index in [9.17, 15) is 0 Å². The van der Waals surface area contributed by atoms with Crippen LogP contribution in [0.5, 0.6) is 0 Å². The first kappa shape index (κ1) is 10.6. The van der Waals surface area contributed by atoms with Crippen molar-refractivity contribution >= 4 is 0 Å². The molecule has 0 radical (unpaired) electrons. The summed E-state index contributed by atoms with van der Waals surface area (Å²) in [4.78, 5) is 2.42. The van der Waals surface area contributed by atoms with Crippen LogP contribution in [-0.2, 0) is 6.54 Å². The molecule has 0 atom stereocenters. The number of aryl methyl sites for hydroxylation is 1. The van der Waals surface area contributed by atoms with Gasteiger partial charge in [-0.05, 0) is 25.9 Å². The summed E-state index contributed by atoms with van der Waals surface area (Å²) in [5.74, 6) is 1.42. The lowest BCUT2D eigenvalue weighted by Crippen LogP contribution is -2.27. The van der Waals surface area contributed by atoms with Crippen LogP contribution >= 0.6 is 0 Å². The van der Waals surface area contributed by atoms with Crippen molar-refractivity contribution in [3.8, 4) is 0 Å². The summed E-state index contributed by atoms with van der Waals surface area (Å²) >= 11 is 0. The number of likely N-dealkylation sites (tertiary alicyclic amines) is 1. The number of hydrogen-bond donors (Lipinski definition) is 0. The van der Waals surface area contributed by atoms with Gasteiger partial charge in [0.25, 0.3) is 0 Å². The molecule has 0 amide bonds. The van der Waals surface area contributed by atoms with E-state index in [1.807, 2.05) is 6.92 Å². The third-order valence-electron chi connectivity index (χ3n) is 2.88. The molecule has 0 aromatic carbocycles. The van der Waals surface area contributed by atoms with Crippen LogP contribution in [0.1, 0.15) is 43.9 Å². The van der Waals surface area contributed by atoms with Crippen LogP contribution in [0.25, 0.3) is 0 Å². The van der Waals surface area contributed by atoms with Crippen molar-refractivity contribution in [1.29, 1.82) is 0 Å². The summed E-state index contributed by atoms with van der Waals surface area (Å²) in [5.41, 5.74) is 0. The zero-order valence-electron chi connectivity index (χ0n) is 9.41. The SMILES string of the molecule is Cc1nnc(CN2CCCCCCC2)o1. The second-order valence-electron chi connectivity index (χ2n) is 4.26. The fourth-order valence-electron chi connectivity index (χ4n) is 2.06. The Bertz CT molecular complexity index is 290. The molecule has 1 aliphatic heterocycles. The van der Waals surface area contributed by atoms with E-state index in [2.05, 4.69) is 15.1 Å². The van der Waals surface area contributed by atoms with Crippen LogP contribution < -0.4 is 0 Å². The van der Waals surface area contributed by atoms with Crippen molar-refractivity contribution in [1.82, 2.24) is 15.1 Å². The lowest BCUT2D eigenvalue weighted by atomic mass is 10.1. The Labute approximate surface area is 90.7 Å². The summed E-state index contributed by atoms with van der Waals surface area (Å²) in [7, 11) is 0. The van der Waals surface area contributed by atoms with Crippen LogP contribution in [0.3, 0.4) is 0 Å².